The van der Waals surface area contributed by atoms with Crippen LogP contribution in [0.1, 0.15) is 56.9 Å². The van der Waals surface area contributed by atoms with Crippen LogP contribution in [0.15, 0.2) is 30.3 Å². The van der Waals surface area contributed by atoms with Crippen molar-refractivity contribution in [3.8, 4) is 0 Å². The first-order chi connectivity index (χ1) is 15.7. The molecule has 32 heavy (non-hydrogen) atoms. The summed E-state index contributed by atoms with van der Waals surface area (Å²) >= 11 is 0. The molecule has 1 aromatic rings. The van der Waals surface area contributed by atoms with Crippen molar-refractivity contribution in [3.63, 3.8) is 0 Å². The van der Waals surface area contributed by atoms with E-state index < -0.39 is 0 Å². The average Bonchev–Trinajstić information content (AvgIpc) is 2.81. The smallest absolute Gasteiger partial charge is 0.315 e. The number of nitrogens with one attached hydrogen (secondary N) is 3. The maximum Gasteiger partial charge on any atom is 0.315 e. The summed E-state index contributed by atoms with van der Waals surface area (Å²) in [6.07, 6.45) is 8.21. The number of carbonyl (C=O) groups excluding carboxylic acids is 2. The van der Waals surface area contributed by atoms with Gasteiger partial charge in [-0.25, -0.2) is 4.79 Å². The fourth-order valence-corrected chi connectivity index (χ4v) is 4.56. The molecule has 0 unspecified atom stereocenters. The van der Waals surface area contributed by atoms with Crippen LogP contribution in [0.3, 0.4) is 0 Å². The summed E-state index contributed by atoms with van der Waals surface area (Å²) in [5.41, 5.74) is 1.39. The van der Waals surface area contributed by atoms with E-state index >= 15 is 0 Å². The normalized spacial score (nSPS) is 18.2. The van der Waals surface area contributed by atoms with E-state index in [1.54, 1.807) is 0 Å². The molecule has 1 aromatic carbocycles. The Morgan fingerprint density at radius 2 is 1.56 bits per heavy atom. The molecular weight excluding hydrogens is 402 g/mol. The van der Waals surface area contributed by atoms with E-state index in [1.807, 2.05) is 0 Å². The Bertz CT molecular complexity index is 670. The third-order valence-electron chi connectivity index (χ3n) is 6.52. The highest BCUT2D eigenvalue weighted by Gasteiger charge is 2.17. The molecule has 0 bridgehead atoms. The van der Waals surface area contributed by atoms with E-state index in [1.165, 1.54) is 24.8 Å². The fraction of sp³-hybridized carbons (Fsp3) is 0.680. The molecule has 178 valence electrons. The van der Waals surface area contributed by atoms with Gasteiger partial charge < -0.3 is 20.9 Å². The molecule has 2 aliphatic rings. The second-order valence-corrected chi connectivity index (χ2v) is 9.15. The zero-order chi connectivity index (χ0) is 22.4. The first-order valence-electron chi connectivity index (χ1n) is 12.5. The highest BCUT2D eigenvalue weighted by Crippen LogP contribution is 2.17. The van der Waals surface area contributed by atoms with Gasteiger partial charge in [0.25, 0.3) is 0 Å². The zero-order valence-electron chi connectivity index (χ0n) is 19.5. The number of carbonyl (C=O) groups is 2. The molecule has 1 heterocycles. The molecule has 7 heteroatoms. The van der Waals surface area contributed by atoms with Gasteiger partial charge in [0.1, 0.15) is 0 Å². The van der Waals surface area contributed by atoms with Crippen LogP contribution in [-0.2, 0) is 11.3 Å². The molecule has 1 aliphatic carbocycles. The van der Waals surface area contributed by atoms with Crippen LogP contribution in [0.2, 0.25) is 0 Å². The minimum atomic E-state index is -0.145. The minimum Gasteiger partial charge on any atom is -0.356 e. The van der Waals surface area contributed by atoms with Gasteiger partial charge in [0, 0.05) is 58.3 Å². The van der Waals surface area contributed by atoms with Gasteiger partial charge >= 0.3 is 6.03 Å². The summed E-state index contributed by atoms with van der Waals surface area (Å²) in [6.45, 7) is 7.70. The standard InChI is InChI=1S/C25H41N5O2/c31-24(13-15-27-25(32)28-23-11-5-2-6-12-23)26-14-7-8-16-29-17-19-30(20-18-29)21-22-9-3-1-4-10-22/h1,3-4,9-10,23H,2,5-8,11-21H2,(H,26,31)(H2,27,28,32). The third-order valence-corrected chi connectivity index (χ3v) is 6.52. The molecule has 3 N–H and O–H groups in total. The highest BCUT2D eigenvalue weighted by atomic mass is 16.2. The van der Waals surface area contributed by atoms with Gasteiger partial charge in [-0.2, -0.15) is 0 Å². The Labute approximate surface area is 193 Å². The van der Waals surface area contributed by atoms with Crippen LogP contribution < -0.4 is 16.0 Å². The van der Waals surface area contributed by atoms with E-state index in [0.717, 1.165) is 65.0 Å². The lowest BCUT2D eigenvalue weighted by Gasteiger charge is -2.34. The molecule has 1 saturated carbocycles. The summed E-state index contributed by atoms with van der Waals surface area (Å²) in [7, 11) is 0. The minimum absolute atomic E-state index is 0.0116. The Morgan fingerprint density at radius 3 is 2.31 bits per heavy atom. The first-order valence-corrected chi connectivity index (χ1v) is 12.5. The van der Waals surface area contributed by atoms with Crippen LogP contribution in [0.25, 0.3) is 0 Å². The van der Waals surface area contributed by atoms with E-state index in [9.17, 15) is 9.59 Å². The Balaban J connectivity index is 1.14. The monoisotopic (exact) mass is 443 g/mol. The van der Waals surface area contributed by atoms with Crippen molar-refractivity contribution in [1.29, 1.82) is 0 Å². The van der Waals surface area contributed by atoms with Gasteiger partial charge in [0.2, 0.25) is 5.91 Å². The highest BCUT2D eigenvalue weighted by molar-refractivity contribution is 5.78. The molecular formula is C25H41N5O2. The molecule has 0 aromatic heterocycles. The molecule has 3 amide bonds. The number of hydrogen-bond donors (Lipinski definition) is 3. The number of piperazine rings is 1. The van der Waals surface area contributed by atoms with Gasteiger partial charge in [-0.15, -0.1) is 0 Å². The maximum absolute atomic E-state index is 12.0. The molecule has 0 spiro atoms. The quantitative estimate of drug-likeness (QED) is 0.460. The Kier molecular flexibility index (Phi) is 10.8. The van der Waals surface area contributed by atoms with E-state index in [2.05, 4.69) is 56.1 Å². The van der Waals surface area contributed by atoms with Gasteiger partial charge in [0.15, 0.2) is 0 Å². The maximum atomic E-state index is 12.0. The predicted molar refractivity (Wildman–Crippen MR) is 128 cm³/mol. The second kappa shape index (κ2) is 14.1. The summed E-state index contributed by atoms with van der Waals surface area (Å²) in [6, 6.07) is 10.8. The lowest BCUT2D eigenvalue weighted by atomic mass is 9.96. The van der Waals surface area contributed by atoms with E-state index in [0.29, 0.717) is 25.6 Å². The summed E-state index contributed by atoms with van der Waals surface area (Å²) in [5, 5.41) is 8.78. The summed E-state index contributed by atoms with van der Waals surface area (Å²) in [5.74, 6) is 0.0116. The second-order valence-electron chi connectivity index (χ2n) is 9.15. The number of urea groups is 1. The SMILES string of the molecule is O=C(CCNC(=O)NC1CCCCC1)NCCCCN1CCN(Cc2ccccc2)CC1. The summed E-state index contributed by atoms with van der Waals surface area (Å²) < 4.78 is 0. The number of rotatable bonds is 11. The topological polar surface area (TPSA) is 76.7 Å². The number of nitrogens with zero attached hydrogens (tertiary/aromatic N) is 2. The van der Waals surface area contributed by atoms with Crippen LogP contribution >= 0.6 is 0 Å². The van der Waals surface area contributed by atoms with Crippen LogP contribution in [-0.4, -0.2) is 73.6 Å². The average molecular weight is 444 g/mol. The van der Waals surface area contributed by atoms with Gasteiger partial charge in [-0.3, -0.25) is 9.69 Å². The van der Waals surface area contributed by atoms with E-state index in [4.69, 9.17) is 0 Å². The fourth-order valence-electron chi connectivity index (χ4n) is 4.56. The number of unbranched alkanes of at least 4 members (excludes halogenated alkanes) is 1. The molecule has 1 aliphatic heterocycles. The Morgan fingerprint density at radius 1 is 0.844 bits per heavy atom. The summed E-state index contributed by atoms with van der Waals surface area (Å²) in [4.78, 5) is 28.9. The molecule has 7 nitrogen and oxygen atoms in total. The predicted octanol–water partition coefficient (Wildman–Crippen LogP) is 2.72. The molecule has 2 fully saturated rings. The molecule has 1 saturated heterocycles. The van der Waals surface area contributed by atoms with Crippen molar-refractivity contribution in [2.45, 2.75) is 64.0 Å². The lowest BCUT2D eigenvalue weighted by Crippen LogP contribution is -2.46. The van der Waals surface area contributed by atoms with Gasteiger partial charge in [0.05, 0.1) is 0 Å². The van der Waals surface area contributed by atoms with Crippen LogP contribution in [0.5, 0.6) is 0 Å². The number of amides is 3. The molecule has 0 radical (unpaired) electrons. The largest absolute Gasteiger partial charge is 0.356 e. The van der Waals surface area contributed by atoms with Crippen molar-refractivity contribution >= 4 is 11.9 Å². The van der Waals surface area contributed by atoms with Gasteiger partial charge in [-0.05, 0) is 37.8 Å². The lowest BCUT2D eigenvalue weighted by molar-refractivity contribution is -0.120. The van der Waals surface area contributed by atoms with Crippen molar-refractivity contribution in [2.24, 2.45) is 0 Å². The number of benzene rings is 1. The van der Waals surface area contributed by atoms with E-state index in [-0.39, 0.29) is 11.9 Å². The third kappa shape index (κ3) is 9.57. The van der Waals surface area contributed by atoms with Crippen LogP contribution in [0, 0.1) is 0 Å². The van der Waals surface area contributed by atoms with Crippen molar-refractivity contribution in [2.75, 3.05) is 45.8 Å². The Hall–Kier alpha value is -2.12. The van der Waals surface area contributed by atoms with Crippen molar-refractivity contribution in [1.82, 2.24) is 25.8 Å². The molecule has 0 atom stereocenters. The van der Waals surface area contributed by atoms with Crippen molar-refractivity contribution < 1.29 is 9.59 Å². The zero-order valence-corrected chi connectivity index (χ0v) is 19.5. The first kappa shape index (κ1) is 24.5. The van der Waals surface area contributed by atoms with Crippen molar-refractivity contribution in [3.05, 3.63) is 35.9 Å². The van der Waals surface area contributed by atoms with Gasteiger partial charge in [-0.1, -0.05) is 49.6 Å². The number of hydrogen-bond acceptors (Lipinski definition) is 4. The van der Waals surface area contributed by atoms with Crippen LogP contribution in [0.4, 0.5) is 4.79 Å². The molecule has 3 rings (SSSR count).